The van der Waals surface area contributed by atoms with Crippen LogP contribution in [0.5, 0.6) is 0 Å². The van der Waals surface area contributed by atoms with Crippen LogP contribution in [0.3, 0.4) is 0 Å². The summed E-state index contributed by atoms with van der Waals surface area (Å²) in [5, 5.41) is 14.7. The molecule has 0 radical (unpaired) electrons. The van der Waals surface area contributed by atoms with Gasteiger partial charge in [-0.05, 0) is 6.07 Å². The van der Waals surface area contributed by atoms with Crippen LogP contribution in [0.2, 0.25) is 0 Å². The molecular weight excluding hydrogens is 279 g/mol. The topological polar surface area (TPSA) is 81.3 Å². The number of halogens is 1. The van der Waals surface area contributed by atoms with Crippen LogP contribution in [-0.4, -0.2) is 32.6 Å². The van der Waals surface area contributed by atoms with Gasteiger partial charge in [-0.3, -0.25) is 19.6 Å². The van der Waals surface area contributed by atoms with Gasteiger partial charge in [0.2, 0.25) is 0 Å². The summed E-state index contributed by atoms with van der Waals surface area (Å²) in [6, 6.07) is 2.88. The van der Waals surface area contributed by atoms with Gasteiger partial charge < -0.3 is 4.90 Å². The minimum absolute atomic E-state index is 0.231. The maximum absolute atomic E-state index is 13.7. The number of benzene rings is 1. The lowest BCUT2D eigenvalue weighted by Gasteiger charge is -2.16. The van der Waals surface area contributed by atoms with Crippen LogP contribution in [0.1, 0.15) is 15.9 Å². The highest BCUT2D eigenvalue weighted by Gasteiger charge is 2.20. The van der Waals surface area contributed by atoms with Gasteiger partial charge in [0.15, 0.2) is 0 Å². The Morgan fingerprint density at radius 3 is 2.81 bits per heavy atom. The van der Waals surface area contributed by atoms with Crippen LogP contribution in [0.15, 0.2) is 30.6 Å². The number of non-ortho nitro benzene ring substituents is 1. The molecule has 0 N–H and O–H groups in total. The molecule has 0 aliphatic heterocycles. The fourth-order valence-corrected chi connectivity index (χ4v) is 1.90. The third-order valence-electron chi connectivity index (χ3n) is 2.92. The summed E-state index contributed by atoms with van der Waals surface area (Å²) in [5.74, 6) is -1.41. The Bertz CT molecular complexity index is 698. The first-order chi connectivity index (χ1) is 9.88. The predicted molar refractivity (Wildman–Crippen MR) is 72.1 cm³/mol. The lowest BCUT2D eigenvalue weighted by molar-refractivity contribution is -0.384. The maximum Gasteiger partial charge on any atom is 0.270 e. The standard InChI is InChI=1S/C13H13FN4O3/c1-16(7-9-6-15-17(2)8-9)13(19)11-5-10(18(20)21)3-4-12(11)14/h3-6,8H,7H2,1-2H3. The molecule has 110 valence electrons. The molecule has 0 saturated carbocycles. The molecule has 0 aliphatic rings. The van der Waals surface area contributed by atoms with Crippen LogP contribution in [0.4, 0.5) is 10.1 Å². The van der Waals surface area contributed by atoms with Gasteiger partial charge in [0.05, 0.1) is 16.7 Å². The zero-order valence-electron chi connectivity index (χ0n) is 11.5. The van der Waals surface area contributed by atoms with Crippen LogP contribution in [0.25, 0.3) is 0 Å². The fraction of sp³-hybridized carbons (Fsp3) is 0.231. The number of carbonyl (C=O) groups excluding carboxylic acids is 1. The second-order valence-corrected chi connectivity index (χ2v) is 4.60. The summed E-state index contributed by atoms with van der Waals surface area (Å²) in [6.07, 6.45) is 3.32. The number of amides is 1. The average molecular weight is 292 g/mol. The molecule has 1 amide bonds. The van der Waals surface area contributed by atoms with E-state index in [1.807, 2.05) is 0 Å². The van der Waals surface area contributed by atoms with E-state index >= 15 is 0 Å². The molecule has 0 atom stereocenters. The molecule has 0 aliphatic carbocycles. The number of nitro groups is 1. The Morgan fingerprint density at radius 2 is 2.24 bits per heavy atom. The number of nitrogens with zero attached hydrogens (tertiary/aromatic N) is 4. The molecule has 2 aromatic rings. The second kappa shape index (κ2) is 5.70. The summed E-state index contributed by atoms with van der Waals surface area (Å²) in [5.41, 5.74) is 0.129. The predicted octanol–water partition coefficient (Wildman–Crippen LogP) is 1.74. The average Bonchev–Trinajstić information content (AvgIpc) is 2.83. The molecule has 7 nitrogen and oxygen atoms in total. The number of aryl methyl sites for hydroxylation is 1. The second-order valence-electron chi connectivity index (χ2n) is 4.60. The molecule has 1 aromatic heterocycles. The lowest BCUT2D eigenvalue weighted by Crippen LogP contribution is -2.27. The SMILES string of the molecule is CN(Cc1cnn(C)c1)C(=O)c1cc([N+](=O)[O-])ccc1F. The molecule has 1 aromatic carbocycles. The summed E-state index contributed by atoms with van der Waals surface area (Å²) in [7, 11) is 3.24. The first-order valence-corrected chi connectivity index (χ1v) is 6.05. The zero-order valence-corrected chi connectivity index (χ0v) is 11.5. The van der Waals surface area contributed by atoms with Crippen molar-refractivity contribution in [1.29, 1.82) is 0 Å². The molecule has 2 rings (SSSR count). The third kappa shape index (κ3) is 3.22. The normalized spacial score (nSPS) is 10.4. The molecule has 1 heterocycles. The number of hydrogen-bond donors (Lipinski definition) is 0. The smallest absolute Gasteiger partial charge is 0.270 e. The highest BCUT2D eigenvalue weighted by molar-refractivity contribution is 5.94. The summed E-state index contributed by atoms with van der Waals surface area (Å²) in [4.78, 5) is 23.5. The van der Waals surface area contributed by atoms with Crippen molar-refractivity contribution >= 4 is 11.6 Å². The first kappa shape index (κ1) is 14.6. The molecule has 21 heavy (non-hydrogen) atoms. The van der Waals surface area contributed by atoms with Crippen molar-refractivity contribution < 1.29 is 14.1 Å². The number of aromatic nitrogens is 2. The number of nitro benzene ring substituents is 1. The van der Waals surface area contributed by atoms with Gasteiger partial charge in [-0.15, -0.1) is 0 Å². The van der Waals surface area contributed by atoms with Crippen molar-refractivity contribution in [1.82, 2.24) is 14.7 Å². The van der Waals surface area contributed by atoms with Crippen LogP contribution in [0, 0.1) is 15.9 Å². The monoisotopic (exact) mass is 292 g/mol. The van der Waals surface area contributed by atoms with Crippen molar-refractivity contribution in [3.63, 3.8) is 0 Å². The van der Waals surface area contributed by atoms with Crippen molar-refractivity contribution in [2.75, 3.05) is 7.05 Å². The largest absolute Gasteiger partial charge is 0.337 e. The van der Waals surface area contributed by atoms with E-state index in [4.69, 9.17) is 0 Å². The van der Waals surface area contributed by atoms with Gasteiger partial charge in [-0.25, -0.2) is 4.39 Å². The highest BCUT2D eigenvalue weighted by Crippen LogP contribution is 2.18. The molecule has 8 heteroatoms. The summed E-state index contributed by atoms with van der Waals surface area (Å²) in [6.45, 7) is 0.231. The van der Waals surface area contributed by atoms with Crippen molar-refractivity contribution in [2.24, 2.45) is 7.05 Å². The third-order valence-corrected chi connectivity index (χ3v) is 2.92. The van der Waals surface area contributed by atoms with Gasteiger partial charge in [-0.1, -0.05) is 0 Å². The molecule has 0 bridgehead atoms. The van der Waals surface area contributed by atoms with E-state index in [-0.39, 0.29) is 17.8 Å². The number of hydrogen-bond acceptors (Lipinski definition) is 4. The lowest BCUT2D eigenvalue weighted by atomic mass is 10.1. The van der Waals surface area contributed by atoms with Crippen LogP contribution >= 0.6 is 0 Å². The Kier molecular flexibility index (Phi) is 3.97. The fourth-order valence-electron chi connectivity index (χ4n) is 1.90. The van der Waals surface area contributed by atoms with E-state index in [1.165, 1.54) is 11.9 Å². The minimum Gasteiger partial charge on any atom is -0.337 e. The van der Waals surface area contributed by atoms with E-state index in [0.29, 0.717) is 0 Å². The van der Waals surface area contributed by atoms with Gasteiger partial charge in [-0.2, -0.15) is 5.10 Å². The van der Waals surface area contributed by atoms with Crippen molar-refractivity contribution in [3.05, 3.63) is 57.7 Å². The van der Waals surface area contributed by atoms with Gasteiger partial charge in [0.1, 0.15) is 5.82 Å². The number of carbonyl (C=O) groups is 1. The molecule has 0 fully saturated rings. The number of rotatable bonds is 4. The summed E-state index contributed by atoms with van der Waals surface area (Å²) >= 11 is 0. The van der Waals surface area contributed by atoms with E-state index in [0.717, 1.165) is 23.8 Å². The maximum atomic E-state index is 13.7. The van der Waals surface area contributed by atoms with Crippen molar-refractivity contribution in [2.45, 2.75) is 6.54 Å². The minimum atomic E-state index is -0.788. The van der Waals surface area contributed by atoms with Crippen molar-refractivity contribution in [3.8, 4) is 0 Å². The van der Waals surface area contributed by atoms with Gasteiger partial charge in [0.25, 0.3) is 11.6 Å². The Hall–Kier alpha value is -2.77. The van der Waals surface area contributed by atoms with Crippen LogP contribution in [-0.2, 0) is 13.6 Å². The van der Waals surface area contributed by atoms with E-state index in [2.05, 4.69) is 5.10 Å². The molecule has 0 saturated heterocycles. The highest BCUT2D eigenvalue weighted by atomic mass is 19.1. The van der Waals surface area contributed by atoms with E-state index < -0.39 is 16.6 Å². The van der Waals surface area contributed by atoms with Gasteiger partial charge >= 0.3 is 0 Å². The van der Waals surface area contributed by atoms with E-state index in [1.54, 1.807) is 24.1 Å². The Labute approximate surface area is 119 Å². The Balaban J connectivity index is 2.22. The molecule has 0 unspecified atom stereocenters. The molecule has 0 spiro atoms. The summed E-state index contributed by atoms with van der Waals surface area (Å²) < 4.78 is 15.3. The van der Waals surface area contributed by atoms with Gasteiger partial charge in [0, 0.05) is 44.5 Å². The zero-order chi connectivity index (χ0) is 15.6. The van der Waals surface area contributed by atoms with E-state index in [9.17, 15) is 19.3 Å². The first-order valence-electron chi connectivity index (χ1n) is 6.05. The van der Waals surface area contributed by atoms with Crippen LogP contribution < -0.4 is 0 Å². The molecular formula is C13H13FN4O3. The Morgan fingerprint density at radius 1 is 1.52 bits per heavy atom. The quantitative estimate of drug-likeness (QED) is 0.635.